The van der Waals surface area contributed by atoms with Gasteiger partial charge in [0.2, 0.25) is 0 Å². The van der Waals surface area contributed by atoms with Crippen LogP contribution in [0.3, 0.4) is 0 Å². The van der Waals surface area contributed by atoms with E-state index in [1.165, 1.54) is 5.56 Å². The van der Waals surface area contributed by atoms with Crippen molar-refractivity contribution in [2.45, 2.75) is 13.8 Å². The Balaban J connectivity index is 2.08. The zero-order valence-corrected chi connectivity index (χ0v) is 10.4. The Hall–Kier alpha value is -1.35. The van der Waals surface area contributed by atoms with Gasteiger partial charge in [-0.15, -0.1) is 11.3 Å². The van der Waals surface area contributed by atoms with Crippen LogP contribution < -0.4 is 5.32 Å². The summed E-state index contributed by atoms with van der Waals surface area (Å²) in [6, 6.07) is 10.3. The van der Waals surface area contributed by atoms with Crippen LogP contribution in [0.2, 0.25) is 0 Å². The van der Waals surface area contributed by atoms with Gasteiger partial charge < -0.3 is 5.32 Å². The molecule has 0 radical (unpaired) electrons. The maximum Gasteiger partial charge on any atom is 0.183 e. The highest BCUT2D eigenvalue weighted by Crippen LogP contribution is 2.24. The molecule has 0 fully saturated rings. The van der Waals surface area contributed by atoms with Crippen molar-refractivity contribution in [2.75, 3.05) is 11.9 Å². The highest BCUT2D eigenvalue weighted by atomic mass is 32.1. The molecule has 0 amide bonds. The second-order valence-corrected chi connectivity index (χ2v) is 5.04. The molecule has 1 aromatic heterocycles. The molecule has 0 saturated heterocycles. The molecule has 84 valence electrons. The quantitative estimate of drug-likeness (QED) is 0.865. The van der Waals surface area contributed by atoms with E-state index in [0.717, 1.165) is 17.4 Å². The van der Waals surface area contributed by atoms with Gasteiger partial charge in [-0.05, 0) is 5.92 Å². The zero-order chi connectivity index (χ0) is 11.4. The highest BCUT2D eigenvalue weighted by Gasteiger charge is 2.03. The van der Waals surface area contributed by atoms with Crippen molar-refractivity contribution in [3.05, 3.63) is 35.7 Å². The highest BCUT2D eigenvalue weighted by molar-refractivity contribution is 7.14. The summed E-state index contributed by atoms with van der Waals surface area (Å²) in [7, 11) is 0. The topological polar surface area (TPSA) is 24.9 Å². The van der Waals surface area contributed by atoms with Crippen molar-refractivity contribution in [2.24, 2.45) is 5.92 Å². The van der Waals surface area contributed by atoms with Crippen LogP contribution in [-0.4, -0.2) is 11.5 Å². The van der Waals surface area contributed by atoms with E-state index in [1.54, 1.807) is 11.3 Å². The third kappa shape index (κ3) is 2.83. The van der Waals surface area contributed by atoms with Gasteiger partial charge in [-0.25, -0.2) is 4.98 Å². The third-order valence-corrected chi connectivity index (χ3v) is 3.04. The zero-order valence-electron chi connectivity index (χ0n) is 9.60. The van der Waals surface area contributed by atoms with Crippen molar-refractivity contribution < 1.29 is 0 Å². The number of aromatic nitrogens is 1. The molecule has 2 rings (SSSR count). The Morgan fingerprint density at radius 1 is 1.25 bits per heavy atom. The molecule has 0 saturated carbocycles. The van der Waals surface area contributed by atoms with Crippen molar-refractivity contribution in [1.82, 2.24) is 4.98 Å². The van der Waals surface area contributed by atoms with Crippen LogP contribution in [-0.2, 0) is 0 Å². The molecule has 0 aliphatic heterocycles. The number of thiazole rings is 1. The summed E-state index contributed by atoms with van der Waals surface area (Å²) in [5.41, 5.74) is 2.23. The summed E-state index contributed by atoms with van der Waals surface area (Å²) in [5.74, 6) is 0.643. The number of hydrogen-bond acceptors (Lipinski definition) is 3. The van der Waals surface area contributed by atoms with Crippen LogP contribution in [0, 0.1) is 5.92 Å². The average molecular weight is 232 g/mol. The predicted octanol–water partition coefficient (Wildman–Crippen LogP) is 3.88. The molecule has 0 aliphatic rings. The Labute approximate surface area is 100 Å². The summed E-state index contributed by atoms with van der Waals surface area (Å²) < 4.78 is 0. The van der Waals surface area contributed by atoms with Gasteiger partial charge in [0.05, 0.1) is 5.69 Å². The van der Waals surface area contributed by atoms with E-state index >= 15 is 0 Å². The molecule has 0 unspecified atom stereocenters. The average Bonchev–Trinajstić information content (AvgIpc) is 2.76. The molecule has 3 heteroatoms. The van der Waals surface area contributed by atoms with E-state index in [1.807, 2.05) is 18.2 Å². The first-order valence-electron chi connectivity index (χ1n) is 5.50. The largest absolute Gasteiger partial charge is 0.361 e. The van der Waals surface area contributed by atoms with Gasteiger partial charge in [-0.2, -0.15) is 0 Å². The fourth-order valence-corrected chi connectivity index (χ4v) is 2.12. The lowest BCUT2D eigenvalue weighted by Crippen LogP contribution is -2.07. The van der Waals surface area contributed by atoms with Crippen molar-refractivity contribution in [1.29, 1.82) is 0 Å². The van der Waals surface area contributed by atoms with E-state index in [9.17, 15) is 0 Å². The minimum absolute atomic E-state index is 0.643. The lowest BCUT2D eigenvalue weighted by atomic mass is 10.2. The minimum atomic E-state index is 0.643. The van der Waals surface area contributed by atoms with Crippen LogP contribution in [0.25, 0.3) is 11.3 Å². The fourth-order valence-electron chi connectivity index (χ4n) is 1.39. The van der Waals surface area contributed by atoms with Gasteiger partial charge in [-0.1, -0.05) is 44.2 Å². The van der Waals surface area contributed by atoms with Gasteiger partial charge in [0, 0.05) is 17.5 Å². The van der Waals surface area contributed by atoms with E-state index in [2.05, 4.69) is 41.7 Å². The Kier molecular flexibility index (Phi) is 3.57. The second kappa shape index (κ2) is 5.12. The summed E-state index contributed by atoms with van der Waals surface area (Å²) in [6.45, 7) is 5.36. The van der Waals surface area contributed by atoms with Gasteiger partial charge in [-0.3, -0.25) is 0 Å². The lowest BCUT2D eigenvalue weighted by molar-refractivity contribution is 0.688. The van der Waals surface area contributed by atoms with Gasteiger partial charge in [0.15, 0.2) is 5.13 Å². The molecule has 2 aromatic rings. The third-order valence-electron chi connectivity index (χ3n) is 2.24. The van der Waals surface area contributed by atoms with Gasteiger partial charge >= 0.3 is 0 Å². The summed E-state index contributed by atoms with van der Waals surface area (Å²) in [4.78, 5) is 4.56. The number of benzene rings is 1. The van der Waals surface area contributed by atoms with Crippen LogP contribution in [0.4, 0.5) is 5.13 Å². The van der Waals surface area contributed by atoms with Gasteiger partial charge in [0.25, 0.3) is 0 Å². The van der Waals surface area contributed by atoms with E-state index < -0.39 is 0 Å². The maximum atomic E-state index is 4.56. The number of nitrogens with one attached hydrogen (secondary N) is 1. The first-order valence-corrected chi connectivity index (χ1v) is 6.38. The SMILES string of the molecule is CC(C)CNc1nc(-c2ccccc2)cs1. The second-order valence-electron chi connectivity index (χ2n) is 4.18. The molecule has 0 bridgehead atoms. The molecule has 1 heterocycles. The molecule has 16 heavy (non-hydrogen) atoms. The first kappa shape index (κ1) is 11.1. The lowest BCUT2D eigenvalue weighted by Gasteiger charge is -2.04. The minimum Gasteiger partial charge on any atom is -0.361 e. The summed E-state index contributed by atoms with van der Waals surface area (Å²) in [6.07, 6.45) is 0. The van der Waals surface area contributed by atoms with Gasteiger partial charge in [0.1, 0.15) is 0 Å². The number of anilines is 1. The van der Waals surface area contributed by atoms with Crippen LogP contribution in [0.5, 0.6) is 0 Å². The fraction of sp³-hybridized carbons (Fsp3) is 0.308. The van der Waals surface area contributed by atoms with Crippen molar-refractivity contribution in [3.63, 3.8) is 0 Å². The Morgan fingerprint density at radius 3 is 2.69 bits per heavy atom. The smallest absolute Gasteiger partial charge is 0.183 e. The standard InChI is InChI=1S/C13H16N2S/c1-10(2)8-14-13-15-12(9-16-13)11-6-4-3-5-7-11/h3-7,9-10H,8H2,1-2H3,(H,14,15). The number of rotatable bonds is 4. The predicted molar refractivity (Wildman–Crippen MR) is 70.9 cm³/mol. The maximum absolute atomic E-state index is 4.56. The molecular formula is C13H16N2S. The molecule has 1 aromatic carbocycles. The van der Waals surface area contributed by atoms with Crippen LogP contribution in [0.15, 0.2) is 35.7 Å². The molecular weight excluding hydrogens is 216 g/mol. The van der Waals surface area contributed by atoms with E-state index in [-0.39, 0.29) is 0 Å². The molecule has 0 atom stereocenters. The first-order chi connectivity index (χ1) is 7.75. The summed E-state index contributed by atoms with van der Waals surface area (Å²) in [5, 5.41) is 6.44. The van der Waals surface area contributed by atoms with Crippen molar-refractivity contribution in [3.8, 4) is 11.3 Å². The van der Waals surface area contributed by atoms with E-state index in [0.29, 0.717) is 5.92 Å². The summed E-state index contributed by atoms with van der Waals surface area (Å²) >= 11 is 1.66. The monoisotopic (exact) mass is 232 g/mol. The molecule has 1 N–H and O–H groups in total. The molecule has 2 nitrogen and oxygen atoms in total. The molecule has 0 aliphatic carbocycles. The van der Waals surface area contributed by atoms with Crippen molar-refractivity contribution >= 4 is 16.5 Å². The molecule has 0 spiro atoms. The Bertz CT molecular complexity index is 434. The normalized spacial score (nSPS) is 10.7. The number of nitrogens with zero attached hydrogens (tertiary/aromatic N) is 1. The number of hydrogen-bond donors (Lipinski definition) is 1. The Morgan fingerprint density at radius 2 is 2.00 bits per heavy atom. The van der Waals surface area contributed by atoms with E-state index in [4.69, 9.17) is 0 Å². The van der Waals surface area contributed by atoms with Crippen LogP contribution in [0.1, 0.15) is 13.8 Å². The van der Waals surface area contributed by atoms with Crippen LogP contribution >= 0.6 is 11.3 Å².